The molecule has 0 aromatic carbocycles. The van der Waals surface area contributed by atoms with Gasteiger partial charge in [0.1, 0.15) is 6.10 Å². The zero-order chi connectivity index (χ0) is 7.84. The number of aliphatic hydroxyl groups excluding tert-OH is 1. The summed E-state index contributed by atoms with van der Waals surface area (Å²) in [6.07, 6.45) is 3.54. The predicted octanol–water partition coefficient (Wildman–Crippen LogP) is 0.258. The highest BCUT2D eigenvalue weighted by Gasteiger charge is 2.32. The maximum absolute atomic E-state index is 9.63. The van der Waals surface area contributed by atoms with Crippen molar-refractivity contribution >= 4 is 0 Å². The number of hydrogen-bond donors (Lipinski definition) is 1. The molecule has 0 aliphatic heterocycles. The Hall–Kier alpha value is -0.900. The lowest BCUT2D eigenvalue weighted by Crippen LogP contribution is -2.06. The summed E-state index contributed by atoms with van der Waals surface area (Å²) in [5.41, 5.74) is 0.826. The van der Waals surface area contributed by atoms with E-state index in [9.17, 15) is 5.11 Å². The Labute approximate surface area is 64.8 Å². The summed E-state index contributed by atoms with van der Waals surface area (Å²) in [5, 5.41) is 17.1. The smallest absolute Gasteiger partial charge is 0.100 e. The van der Waals surface area contributed by atoms with Crippen LogP contribution in [0.1, 0.15) is 24.6 Å². The molecule has 1 aromatic heterocycles. The quantitative estimate of drug-likeness (QED) is 0.663. The van der Waals surface area contributed by atoms with Crippen molar-refractivity contribution in [2.24, 2.45) is 13.0 Å². The summed E-state index contributed by atoms with van der Waals surface area (Å²) in [5.74, 6) is 0.451. The molecule has 1 heterocycles. The van der Waals surface area contributed by atoms with Crippen molar-refractivity contribution in [3.05, 3.63) is 11.9 Å². The lowest BCUT2D eigenvalue weighted by atomic mass is 10.2. The number of rotatable bonds is 2. The largest absolute Gasteiger partial charge is 0.386 e. The van der Waals surface area contributed by atoms with E-state index in [1.165, 1.54) is 0 Å². The Kier molecular flexibility index (Phi) is 1.42. The fourth-order valence-corrected chi connectivity index (χ4v) is 1.22. The molecule has 1 unspecified atom stereocenters. The first-order chi connectivity index (χ1) is 5.29. The third kappa shape index (κ3) is 1.14. The second-order valence-corrected chi connectivity index (χ2v) is 3.06. The van der Waals surface area contributed by atoms with Gasteiger partial charge in [-0.15, -0.1) is 5.10 Å². The first kappa shape index (κ1) is 6.79. The normalized spacial score (nSPS) is 20.2. The summed E-state index contributed by atoms with van der Waals surface area (Å²) in [7, 11) is 1.80. The molecule has 1 aromatic rings. The molecule has 1 N–H and O–H groups in total. The average molecular weight is 153 g/mol. The van der Waals surface area contributed by atoms with E-state index in [1.807, 2.05) is 0 Å². The molecule has 1 atom stereocenters. The van der Waals surface area contributed by atoms with E-state index in [4.69, 9.17) is 0 Å². The van der Waals surface area contributed by atoms with Crippen LogP contribution in [0.2, 0.25) is 0 Å². The molecule has 60 valence electrons. The van der Waals surface area contributed by atoms with Gasteiger partial charge in [-0.05, 0) is 18.8 Å². The second-order valence-electron chi connectivity index (χ2n) is 3.06. The third-order valence-electron chi connectivity index (χ3n) is 2.12. The fraction of sp³-hybridized carbons (Fsp3) is 0.714. The highest BCUT2D eigenvalue weighted by atomic mass is 16.3. The fourth-order valence-electron chi connectivity index (χ4n) is 1.22. The Morgan fingerprint density at radius 3 is 2.91 bits per heavy atom. The van der Waals surface area contributed by atoms with Crippen molar-refractivity contribution in [1.29, 1.82) is 0 Å². The van der Waals surface area contributed by atoms with Gasteiger partial charge < -0.3 is 5.11 Å². The molecule has 0 bridgehead atoms. The van der Waals surface area contributed by atoms with Crippen LogP contribution in [0, 0.1) is 5.92 Å². The van der Waals surface area contributed by atoms with Crippen molar-refractivity contribution in [3.63, 3.8) is 0 Å². The lowest BCUT2D eigenvalue weighted by Gasteiger charge is -2.06. The van der Waals surface area contributed by atoms with Crippen LogP contribution >= 0.6 is 0 Å². The Morgan fingerprint density at radius 1 is 1.73 bits per heavy atom. The molecule has 2 rings (SSSR count). The van der Waals surface area contributed by atoms with Crippen molar-refractivity contribution in [2.45, 2.75) is 18.9 Å². The molecular weight excluding hydrogens is 142 g/mol. The van der Waals surface area contributed by atoms with Gasteiger partial charge in [0.05, 0.1) is 11.9 Å². The van der Waals surface area contributed by atoms with Gasteiger partial charge in [0.2, 0.25) is 0 Å². The first-order valence-electron chi connectivity index (χ1n) is 3.81. The van der Waals surface area contributed by atoms with Gasteiger partial charge in [0, 0.05) is 7.05 Å². The Bertz CT molecular complexity index is 254. The van der Waals surface area contributed by atoms with Crippen LogP contribution in [0.25, 0.3) is 0 Å². The zero-order valence-corrected chi connectivity index (χ0v) is 6.44. The van der Waals surface area contributed by atoms with Crippen LogP contribution in [0.5, 0.6) is 0 Å². The van der Waals surface area contributed by atoms with Gasteiger partial charge >= 0.3 is 0 Å². The van der Waals surface area contributed by atoms with E-state index >= 15 is 0 Å². The van der Waals surface area contributed by atoms with E-state index in [2.05, 4.69) is 10.3 Å². The Morgan fingerprint density at radius 2 is 2.45 bits per heavy atom. The van der Waals surface area contributed by atoms with Crippen molar-refractivity contribution in [3.8, 4) is 0 Å². The highest BCUT2D eigenvalue weighted by Crippen LogP contribution is 2.40. The van der Waals surface area contributed by atoms with Crippen molar-refractivity contribution < 1.29 is 5.11 Å². The van der Waals surface area contributed by atoms with Gasteiger partial charge in [-0.1, -0.05) is 5.21 Å². The SMILES string of the molecule is Cn1nncc1C(O)C1CC1. The molecule has 0 saturated heterocycles. The lowest BCUT2D eigenvalue weighted by molar-refractivity contribution is 0.144. The van der Waals surface area contributed by atoms with Crippen LogP contribution in [-0.4, -0.2) is 20.1 Å². The summed E-state index contributed by atoms with van der Waals surface area (Å²) < 4.78 is 1.63. The minimum Gasteiger partial charge on any atom is -0.386 e. The van der Waals surface area contributed by atoms with Gasteiger partial charge in [-0.25, -0.2) is 4.68 Å². The molecule has 0 radical (unpaired) electrons. The van der Waals surface area contributed by atoms with E-state index in [0.29, 0.717) is 5.92 Å². The molecule has 1 fully saturated rings. The van der Waals surface area contributed by atoms with Crippen LogP contribution in [0.4, 0.5) is 0 Å². The van der Waals surface area contributed by atoms with Gasteiger partial charge in [0.25, 0.3) is 0 Å². The molecule has 1 saturated carbocycles. The maximum atomic E-state index is 9.63. The van der Waals surface area contributed by atoms with Crippen molar-refractivity contribution in [1.82, 2.24) is 15.0 Å². The van der Waals surface area contributed by atoms with Gasteiger partial charge in [0.15, 0.2) is 0 Å². The summed E-state index contributed by atoms with van der Waals surface area (Å²) in [6.45, 7) is 0. The van der Waals surface area contributed by atoms with Crippen LogP contribution < -0.4 is 0 Å². The summed E-state index contributed by atoms with van der Waals surface area (Å²) in [6, 6.07) is 0. The molecule has 0 spiro atoms. The van der Waals surface area contributed by atoms with Crippen LogP contribution in [0.3, 0.4) is 0 Å². The summed E-state index contributed by atoms with van der Waals surface area (Å²) in [4.78, 5) is 0. The molecule has 11 heavy (non-hydrogen) atoms. The average Bonchev–Trinajstić information content (AvgIpc) is 2.74. The zero-order valence-electron chi connectivity index (χ0n) is 6.44. The number of aromatic nitrogens is 3. The highest BCUT2D eigenvalue weighted by molar-refractivity contribution is 5.03. The monoisotopic (exact) mass is 153 g/mol. The minimum atomic E-state index is -0.352. The molecule has 1 aliphatic carbocycles. The number of aliphatic hydroxyl groups is 1. The second kappa shape index (κ2) is 2.30. The number of nitrogens with zero attached hydrogens (tertiary/aromatic N) is 3. The van der Waals surface area contributed by atoms with E-state index < -0.39 is 0 Å². The third-order valence-corrected chi connectivity index (χ3v) is 2.12. The maximum Gasteiger partial charge on any atom is 0.100 e. The minimum absolute atomic E-state index is 0.352. The van der Waals surface area contributed by atoms with Gasteiger partial charge in [-0.3, -0.25) is 0 Å². The van der Waals surface area contributed by atoms with E-state index in [1.54, 1.807) is 17.9 Å². The molecule has 4 nitrogen and oxygen atoms in total. The van der Waals surface area contributed by atoms with Gasteiger partial charge in [-0.2, -0.15) is 0 Å². The molecule has 1 aliphatic rings. The van der Waals surface area contributed by atoms with Crippen molar-refractivity contribution in [2.75, 3.05) is 0 Å². The van der Waals surface area contributed by atoms with E-state index in [0.717, 1.165) is 18.5 Å². The summed E-state index contributed by atoms with van der Waals surface area (Å²) >= 11 is 0. The van der Waals surface area contributed by atoms with E-state index in [-0.39, 0.29) is 6.10 Å². The molecule has 0 amide bonds. The van der Waals surface area contributed by atoms with Crippen LogP contribution in [0.15, 0.2) is 6.20 Å². The molecule has 4 heteroatoms. The van der Waals surface area contributed by atoms with Crippen LogP contribution in [-0.2, 0) is 7.05 Å². The first-order valence-corrected chi connectivity index (χ1v) is 3.81. The number of aryl methyl sites for hydroxylation is 1. The molecular formula is C7H11N3O. The topological polar surface area (TPSA) is 50.9 Å². The Balaban J connectivity index is 2.20. The number of hydrogen-bond acceptors (Lipinski definition) is 3. The predicted molar refractivity (Wildman–Crippen MR) is 38.7 cm³/mol. The standard InChI is InChI=1S/C7H11N3O/c1-10-6(4-8-9-10)7(11)5-2-3-5/h4-5,7,11H,2-3H2,1H3.